The lowest BCUT2D eigenvalue weighted by atomic mass is 9.61. The Morgan fingerprint density at radius 2 is 1.88 bits per heavy atom. The normalized spacial score (nSPS) is 38.6. The van der Waals surface area contributed by atoms with Gasteiger partial charge in [-0.1, -0.05) is 43.7 Å². The molecule has 5 atom stereocenters. The van der Waals surface area contributed by atoms with Crippen molar-refractivity contribution >= 4 is 0 Å². The molecule has 1 aliphatic heterocycles. The van der Waals surface area contributed by atoms with Crippen LogP contribution in [0.5, 0.6) is 0 Å². The number of aliphatic hydroxyl groups is 1. The molecule has 3 aliphatic carbocycles. The van der Waals surface area contributed by atoms with Gasteiger partial charge in [-0.3, -0.25) is 0 Å². The maximum Gasteiger partial charge on any atom is 0.241 e. The molecule has 0 aromatic heterocycles. The number of aliphatic hydroxyl groups excluding tert-OH is 1. The van der Waals surface area contributed by atoms with E-state index in [2.05, 4.69) is 37.5 Å². The Morgan fingerprint density at radius 1 is 1.12 bits per heavy atom. The summed E-state index contributed by atoms with van der Waals surface area (Å²) in [6.45, 7) is 11.7. The molecule has 0 spiro atoms. The van der Waals surface area contributed by atoms with Crippen molar-refractivity contribution in [2.24, 2.45) is 29.1 Å². The van der Waals surface area contributed by atoms with E-state index in [0.29, 0.717) is 30.1 Å². The second-order valence-electron chi connectivity index (χ2n) is 11.5. The van der Waals surface area contributed by atoms with Gasteiger partial charge in [0.2, 0.25) is 6.43 Å². The Morgan fingerprint density at radius 3 is 2.56 bits per heavy atom. The fraction of sp³-hybridized carbons (Fsp3) is 0.786. The summed E-state index contributed by atoms with van der Waals surface area (Å²) in [5.74, 6) is 1.62. The minimum atomic E-state index is -2.15. The monoisotopic (exact) mass is 447 g/mol. The van der Waals surface area contributed by atoms with Gasteiger partial charge >= 0.3 is 0 Å². The molecule has 4 heteroatoms. The average Bonchev–Trinajstić information content (AvgIpc) is 3.12. The lowest BCUT2D eigenvalue weighted by Crippen LogP contribution is -2.42. The topological polar surface area (TPSA) is 23.5 Å². The van der Waals surface area contributed by atoms with Gasteiger partial charge in [-0.25, -0.2) is 8.78 Å². The van der Waals surface area contributed by atoms with E-state index in [9.17, 15) is 13.9 Å². The highest BCUT2D eigenvalue weighted by Crippen LogP contribution is 2.59. The van der Waals surface area contributed by atoms with Crippen LogP contribution in [0.15, 0.2) is 35.5 Å². The third kappa shape index (κ3) is 5.06. The first-order valence-electron chi connectivity index (χ1n) is 13.0. The molecule has 1 heterocycles. The minimum absolute atomic E-state index is 0.365. The molecule has 180 valence electrons. The quantitative estimate of drug-likeness (QED) is 0.470. The van der Waals surface area contributed by atoms with Gasteiger partial charge in [0.15, 0.2) is 0 Å². The Kier molecular flexibility index (Phi) is 7.61. The first-order chi connectivity index (χ1) is 15.3. The van der Waals surface area contributed by atoms with Crippen LogP contribution in [-0.2, 0) is 0 Å². The highest BCUT2D eigenvalue weighted by Gasteiger charge is 2.50. The number of hydrogen-bond donors (Lipinski definition) is 1. The molecule has 32 heavy (non-hydrogen) atoms. The van der Waals surface area contributed by atoms with Crippen LogP contribution in [0, 0.1) is 29.1 Å². The number of allylic oxidation sites excluding steroid dienone is 3. The van der Waals surface area contributed by atoms with Crippen LogP contribution in [0.4, 0.5) is 8.78 Å². The number of likely N-dealkylation sites (tertiary alicyclic amines) is 1. The van der Waals surface area contributed by atoms with Gasteiger partial charge in [0.05, 0.1) is 6.10 Å². The molecule has 0 amide bonds. The van der Waals surface area contributed by atoms with E-state index in [-0.39, 0.29) is 6.10 Å². The highest BCUT2D eigenvalue weighted by atomic mass is 19.3. The van der Waals surface area contributed by atoms with Crippen molar-refractivity contribution in [2.45, 2.75) is 90.6 Å². The predicted octanol–water partition coefficient (Wildman–Crippen LogP) is 6.77. The summed E-state index contributed by atoms with van der Waals surface area (Å²) in [6.07, 6.45) is 12.5. The Hall–Kier alpha value is -1.00. The van der Waals surface area contributed by atoms with Crippen molar-refractivity contribution in [3.05, 3.63) is 35.5 Å². The van der Waals surface area contributed by atoms with Crippen LogP contribution in [0.1, 0.15) is 78.1 Å². The van der Waals surface area contributed by atoms with Crippen LogP contribution in [-0.4, -0.2) is 42.2 Å². The van der Waals surface area contributed by atoms with Crippen LogP contribution < -0.4 is 0 Å². The van der Waals surface area contributed by atoms with Gasteiger partial charge in [0.25, 0.3) is 0 Å². The molecular formula is C28H43F2NO. The summed E-state index contributed by atoms with van der Waals surface area (Å²) in [5, 5.41) is 10.1. The van der Waals surface area contributed by atoms with Crippen LogP contribution >= 0.6 is 0 Å². The van der Waals surface area contributed by atoms with Crippen molar-refractivity contribution in [3.8, 4) is 0 Å². The van der Waals surface area contributed by atoms with Gasteiger partial charge in [-0.15, -0.1) is 0 Å². The van der Waals surface area contributed by atoms with Gasteiger partial charge in [0.1, 0.15) is 0 Å². The third-order valence-corrected chi connectivity index (χ3v) is 9.49. The SMILES string of the molecule is C=C1CC/C(=C/C=C2\CCCC3(C)C2CCC3C(C)CN2CCC(C(F)F)CC2)CC1O. The summed E-state index contributed by atoms with van der Waals surface area (Å²) < 4.78 is 26.0. The second-order valence-corrected chi connectivity index (χ2v) is 11.5. The maximum absolute atomic E-state index is 13.0. The zero-order valence-electron chi connectivity index (χ0n) is 20.2. The summed E-state index contributed by atoms with van der Waals surface area (Å²) in [7, 11) is 0. The third-order valence-electron chi connectivity index (χ3n) is 9.49. The number of alkyl halides is 2. The highest BCUT2D eigenvalue weighted by molar-refractivity contribution is 5.28. The number of halogens is 2. The van der Waals surface area contributed by atoms with E-state index >= 15 is 0 Å². The largest absolute Gasteiger partial charge is 0.388 e. The lowest BCUT2D eigenvalue weighted by Gasteiger charge is -2.45. The summed E-state index contributed by atoms with van der Waals surface area (Å²) in [4.78, 5) is 2.45. The van der Waals surface area contributed by atoms with Crippen LogP contribution in [0.2, 0.25) is 0 Å². The van der Waals surface area contributed by atoms with Gasteiger partial charge in [0, 0.05) is 12.5 Å². The number of nitrogens with zero attached hydrogens (tertiary/aromatic N) is 1. The fourth-order valence-electron chi connectivity index (χ4n) is 7.50. The first kappa shape index (κ1) is 24.1. The summed E-state index contributed by atoms with van der Waals surface area (Å²) in [6, 6.07) is 0. The Balaban J connectivity index is 1.38. The maximum atomic E-state index is 13.0. The van der Waals surface area contributed by atoms with Crippen molar-refractivity contribution in [2.75, 3.05) is 19.6 Å². The van der Waals surface area contributed by atoms with E-state index in [0.717, 1.165) is 50.4 Å². The zero-order chi connectivity index (χ0) is 22.9. The van der Waals surface area contributed by atoms with Crippen molar-refractivity contribution < 1.29 is 13.9 Å². The fourth-order valence-corrected chi connectivity index (χ4v) is 7.50. The van der Waals surface area contributed by atoms with E-state index in [1.165, 1.54) is 37.7 Å². The number of fused-ring (bicyclic) bond motifs is 1. The van der Waals surface area contributed by atoms with E-state index in [1.54, 1.807) is 5.57 Å². The summed E-state index contributed by atoms with van der Waals surface area (Å²) >= 11 is 0. The Bertz CT molecular complexity index is 736. The standard InChI is InChI=1S/C28H43F2NO/c1-19-6-7-21(17-26(19)32)8-9-22-5-4-14-28(3)24(10-11-25(22)28)20(2)18-31-15-12-23(13-16-31)27(29)30/h8-9,20,23-27,32H,1,4-7,10-18H2,2-3H3/b21-8-,22-9+. The molecule has 3 saturated carbocycles. The minimum Gasteiger partial charge on any atom is -0.388 e. The number of rotatable bonds is 5. The molecular weight excluding hydrogens is 404 g/mol. The molecule has 2 nitrogen and oxygen atoms in total. The first-order valence-corrected chi connectivity index (χ1v) is 13.0. The molecule has 4 fully saturated rings. The number of piperidine rings is 1. The molecule has 4 aliphatic rings. The van der Waals surface area contributed by atoms with Crippen LogP contribution in [0.25, 0.3) is 0 Å². The molecule has 1 saturated heterocycles. The van der Waals surface area contributed by atoms with Gasteiger partial charge < -0.3 is 10.0 Å². The molecule has 0 aromatic rings. The molecule has 0 radical (unpaired) electrons. The molecule has 0 aromatic carbocycles. The van der Waals surface area contributed by atoms with Crippen molar-refractivity contribution in [1.82, 2.24) is 4.90 Å². The van der Waals surface area contributed by atoms with Gasteiger partial charge in [-0.2, -0.15) is 0 Å². The Labute approximate surface area is 193 Å². The van der Waals surface area contributed by atoms with E-state index in [1.807, 2.05) is 0 Å². The molecule has 4 rings (SSSR count). The van der Waals surface area contributed by atoms with Crippen molar-refractivity contribution in [3.63, 3.8) is 0 Å². The average molecular weight is 448 g/mol. The lowest BCUT2D eigenvalue weighted by molar-refractivity contribution is 0.0227. The van der Waals surface area contributed by atoms with E-state index in [4.69, 9.17) is 0 Å². The molecule has 5 unspecified atom stereocenters. The number of hydrogen-bond acceptors (Lipinski definition) is 2. The van der Waals surface area contributed by atoms with Crippen molar-refractivity contribution in [1.29, 1.82) is 0 Å². The van der Waals surface area contributed by atoms with Crippen LogP contribution in [0.3, 0.4) is 0 Å². The smallest absolute Gasteiger partial charge is 0.241 e. The second kappa shape index (κ2) is 10.1. The zero-order valence-corrected chi connectivity index (χ0v) is 20.2. The molecule has 1 N–H and O–H groups in total. The van der Waals surface area contributed by atoms with Gasteiger partial charge in [-0.05, 0) is 106 Å². The predicted molar refractivity (Wildman–Crippen MR) is 128 cm³/mol. The summed E-state index contributed by atoms with van der Waals surface area (Å²) in [5.41, 5.74) is 4.33. The van der Waals surface area contributed by atoms with E-state index < -0.39 is 12.3 Å². The molecule has 0 bridgehead atoms.